The van der Waals surface area contributed by atoms with Crippen LogP contribution in [-0.2, 0) is 9.59 Å². The highest BCUT2D eigenvalue weighted by molar-refractivity contribution is 6.05. The molecule has 1 aliphatic heterocycles. The summed E-state index contributed by atoms with van der Waals surface area (Å²) in [5.41, 5.74) is 0.113. The number of hydrogen-bond donors (Lipinski definition) is 2. The predicted octanol–water partition coefficient (Wildman–Crippen LogP) is 2.30. The first-order valence-corrected chi connectivity index (χ1v) is 6.64. The van der Waals surface area contributed by atoms with Crippen LogP contribution in [0.4, 0.5) is 5.69 Å². The topological polar surface area (TPSA) is 58.2 Å². The third-order valence-electron chi connectivity index (χ3n) is 3.81. The quantitative estimate of drug-likeness (QED) is 0.878. The van der Waals surface area contributed by atoms with Gasteiger partial charge in [0.05, 0.1) is 5.41 Å². The Labute approximate surface area is 117 Å². The molecule has 1 aliphatic rings. The van der Waals surface area contributed by atoms with Gasteiger partial charge in [-0.25, -0.2) is 0 Å². The number of amides is 2. The summed E-state index contributed by atoms with van der Waals surface area (Å²) in [6.45, 7) is 2.20. The van der Waals surface area contributed by atoms with Gasteiger partial charge in [0.15, 0.2) is 0 Å². The minimum atomic E-state index is -0.673. The molecule has 0 radical (unpaired) electrons. The Morgan fingerprint density at radius 1 is 1.20 bits per heavy atom. The molecule has 4 heteroatoms. The van der Waals surface area contributed by atoms with Crippen molar-refractivity contribution >= 4 is 28.3 Å². The molecule has 1 fully saturated rings. The molecule has 3 rings (SSSR count). The molecule has 0 aromatic heterocycles. The molecule has 1 saturated heterocycles. The Morgan fingerprint density at radius 2 is 1.95 bits per heavy atom. The molecule has 0 bridgehead atoms. The van der Waals surface area contributed by atoms with Gasteiger partial charge in [0.1, 0.15) is 0 Å². The highest BCUT2D eigenvalue weighted by Crippen LogP contribution is 2.29. The Balaban J connectivity index is 1.90. The van der Waals surface area contributed by atoms with Crippen molar-refractivity contribution in [2.24, 2.45) is 5.41 Å². The van der Waals surface area contributed by atoms with Gasteiger partial charge in [-0.2, -0.15) is 0 Å². The maximum Gasteiger partial charge on any atom is 0.232 e. The van der Waals surface area contributed by atoms with Crippen LogP contribution < -0.4 is 10.6 Å². The monoisotopic (exact) mass is 268 g/mol. The standard InChI is InChI=1S/C16H16N2O2/c1-16(9-14(19)17-10-16)15(20)18-13-8-4-6-11-5-2-3-7-12(11)13/h2-8H,9-10H2,1H3,(H,17,19)(H,18,20). The molecule has 0 aliphatic carbocycles. The van der Waals surface area contributed by atoms with Crippen LogP contribution in [0.15, 0.2) is 42.5 Å². The summed E-state index contributed by atoms with van der Waals surface area (Å²) in [5.74, 6) is -0.187. The van der Waals surface area contributed by atoms with Gasteiger partial charge in [-0.1, -0.05) is 36.4 Å². The predicted molar refractivity (Wildman–Crippen MR) is 78.3 cm³/mol. The average Bonchev–Trinajstić information content (AvgIpc) is 2.80. The molecular formula is C16H16N2O2. The van der Waals surface area contributed by atoms with Crippen LogP contribution in [0.2, 0.25) is 0 Å². The molecule has 0 saturated carbocycles. The smallest absolute Gasteiger partial charge is 0.232 e. The van der Waals surface area contributed by atoms with Gasteiger partial charge in [-0.15, -0.1) is 0 Å². The maximum absolute atomic E-state index is 12.4. The number of carbonyl (C=O) groups excluding carboxylic acids is 2. The lowest BCUT2D eigenvalue weighted by Gasteiger charge is -2.21. The van der Waals surface area contributed by atoms with Crippen molar-refractivity contribution in [1.29, 1.82) is 0 Å². The molecular weight excluding hydrogens is 252 g/mol. The van der Waals surface area contributed by atoms with Gasteiger partial charge in [0.2, 0.25) is 11.8 Å². The van der Waals surface area contributed by atoms with Gasteiger partial charge in [-0.3, -0.25) is 9.59 Å². The number of anilines is 1. The van der Waals surface area contributed by atoms with Crippen molar-refractivity contribution in [3.8, 4) is 0 Å². The van der Waals surface area contributed by atoms with Crippen LogP contribution in [0.25, 0.3) is 10.8 Å². The van der Waals surface area contributed by atoms with Crippen LogP contribution in [0.5, 0.6) is 0 Å². The van der Waals surface area contributed by atoms with Gasteiger partial charge >= 0.3 is 0 Å². The van der Waals surface area contributed by atoms with Gasteiger partial charge in [-0.05, 0) is 18.4 Å². The van der Waals surface area contributed by atoms with Crippen molar-refractivity contribution in [3.05, 3.63) is 42.5 Å². The van der Waals surface area contributed by atoms with Crippen molar-refractivity contribution in [2.75, 3.05) is 11.9 Å². The summed E-state index contributed by atoms with van der Waals surface area (Å²) in [5, 5.41) is 7.75. The molecule has 2 aromatic rings. The number of rotatable bonds is 2. The second kappa shape index (κ2) is 4.63. The lowest BCUT2D eigenvalue weighted by molar-refractivity contribution is -0.126. The zero-order valence-electron chi connectivity index (χ0n) is 11.3. The zero-order chi connectivity index (χ0) is 14.2. The fourth-order valence-corrected chi connectivity index (χ4v) is 2.54. The minimum absolute atomic E-state index is 0.0689. The number of hydrogen-bond acceptors (Lipinski definition) is 2. The van der Waals surface area contributed by atoms with E-state index in [4.69, 9.17) is 0 Å². The lowest BCUT2D eigenvalue weighted by atomic mass is 9.88. The number of nitrogens with one attached hydrogen (secondary N) is 2. The zero-order valence-corrected chi connectivity index (χ0v) is 11.3. The van der Waals surface area contributed by atoms with Crippen molar-refractivity contribution in [2.45, 2.75) is 13.3 Å². The normalized spacial score (nSPS) is 21.8. The fourth-order valence-electron chi connectivity index (χ4n) is 2.54. The first kappa shape index (κ1) is 12.7. The summed E-state index contributed by atoms with van der Waals surface area (Å²) >= 11 is 0. The van der Waals surface area contributed by atoms with E-state index in [0.717, 1.165) is 16.5 Å². The van der Waals surface area contributed by atoms with E-state index < -0.39 is 5.41 Å². The molecule has 102 valence electrons. The van der Waals surface area contributed by atoms with Crippen LogP contribution >= 0.6 is 0 Å². The minimum Gasteiger partial charge on any atom is -0.355 e. The fraction of sp³-hybridized carbons (Fsp3) is 0.250. The second-order valence-corrected chi connectivity index (χ2v) is 5.49. The molecule has 1 atom stereocenters. The van der Waals surface area contributed by atoms with Crippen LogP contribution in [0, 0.1) is 5.41 Å². The third-order valence-corrected chi connectivity index (χ3v) is 3.81. The second-order valence-electron chi connectivity index (χ2n) is 5.49. The summed E-state index contributed by atoms with van der Waals surface area (Å²) in [4.78, 5) is 23.8. The van der Waals surface area contributed by atoms with E-state index in [-0.39, 0.29) is 18.2 Å². The van der Waals surface area contributed by atoms with Crippen LogP contribution in [0.3, 0.4) is 0 Å². The summed E-state index contributed by atoms with van der Waals surface area (Å²) < 4.78 is 0. The van der Waals surface area contributed by atoms with E-state index in [1.54, 1.807) is 0 Å². The number of fused-ring (bicyclic) bond motifs is 1. The molecule has 0 spiro atoms. The Morgan fingerprint density at radius 3 is 2.70 bits per heavy atom. The van der Waals surface area contributed by atoms with E-state index in [1.807, 2.05) is 49.4 Å². The average molecular weight is 268 g/mol. The number of benzene rings is 2. The maximum atomic E-state index is 12.4. The Kier molecular flexibility index (Phi) is 2.93. The van der Waals surface area contributed by atoms with Crippen molar-refractivity contribution in [3.63, 3.8) is 0 Å². The molecule has 1 unspecified atom stereocenters. The van der Waals surface area contributed by atoms with Crippen molar-refractivity contribution < 1.29 is 9.59 Å². The van der Waals surface area contributed by atoms with E-state index in [9.17, 15) is 9.59 Å². The Bertz CT molecular complexity index is 690. The molecule has 1 heterocycles. The highest BCUT2D eigenvalue weighted by Gasteiger charge is 2.40. The summed E-state index contributed by atoms with van der Waals surface area (Å²) in [6.07, 6.45) is 0.240. The van der Waals surface area contributed by atoms with E-state index in [2.05, 4.69) is 10.6 Å². The van der Waals surface area contributed by atoms with Crippen LogP contribution in [0.1, 0.15) is 13.3 Å². The first-order chi connectivity index (χ1) is 9.58. The molecule has 2 amide bonds. The van der Waals surface area contributed by atoms with Crippen LogP contribution in [-0.4, -0.2) is 18.4 Å². The largest absolute Gasteiger partial charge is 0.355 e. The lowest BCUT2D eigenvalue weighted by Crippen LogP contribution is -2.35. The van der Waals surface area contributed by atoms with Gasteiger partial charge < -0.3 is 10.6 Å². The SMILES string of the molecule is CC1(C(=O)Nc2cccc3ccccc23)CNC(=O)C1. The molecule has 2 aromatic carbocycles. The van der Waals surface area contributed by atoms with E-state index >= 15 is 0 Å². The highest BCUT2D eigenvalue weighted by atomic mass is 16.2. The van der Waals surface area contributed by atoms with Gasteiger partial charge in [0.25, 0.3) is 0 Å². The van der Waals surface area contributed by atoms with Gasteiger partial charge in [0, 0.05) is 24.0 Å². The van der Waals surface area contributed by atoms with E-state index in [0.29, 0.717) is 6.54 Å². The molecule has 4 nitrogen and oxygen atoms in total. The van der Waals surface area contributed by atoms with Crippen molar-refractivity contribution in [1.82, 2.24) is 5.32 Å². The molecule has 2 N–H and O–H groups in total. The number of carbonyl (C=O) groups is 2. The summed E-state index contributed by atoms with van der Waals surface area (Å²) in [7, 11) is 0. The molecule has 20 heavy (non-hydrogen) atoms. The Hall–Kier alpha value is -2.36. The third kappa shape index (κ3) is 2.13. The first-order valence-electron chi connectivity index (χ1n) is 6.64. The van der Waals surface area contributed by atoms with E-state index in [1.165, 1.54) is 0 Å². The summed E-state index contributed by atoms with van der Waals surface area (Å²) in [6, 6.07) is 13.7.